The van der Waals surface area contributed by atoms with E-state index in [0.29, 0.717) is 28.8 Å². The number of nitrogens with one attached hydrogen (secondary N) is 1. The van der Waals surface area contributed by atoms with Gasteiger partial charge in [0.15, 0.2) is 5.82 Å². The SMILES string of the molecule is O=C1Nc2cc(Cl)cnc2N2CCS(=O)CC12. The van der Waals surface area contributed by atoms with Gasteiger partial charge in [-0.05, 0) is 6.07 Å². The van der Waals surface area contributed by atoms with Crippen LogP contribution >= 0.6 is 11.6 Å². The maximum atomic E-state index is 11.9. The molecule has 1 saturated heterocycles. The first-order valence-corrected chi connectivity index (χ1v) is 7.10. The van der Waals surface area contributed by atoms with Gasteiger partial charge in [-0.1, -0.05) is 11.6 Å². The van der Waals surface area contributed by atoms with Gasteiger partial charge in [0.25, 0.3) is 0 Å². The highest BCUT2D eigenvalue weighted by Crippen LogP contribution is 2.33. The Labute approximate surface area is 106 Å². The molecule has 0 bridgehead atoms. The Bertz CT molecular complexity index is 522. The number of fused-ring (bicyclic) bond motifs is 3. The van der Waals surface area contributed by atoms with Gasteiger partial charge in [-0.2, -0.15) is 0 Å². The molecule has 1 fully saturated rings. The van der Waals surface area contributed by atoms with Gasteiger partial charge < -0.3 is 10.2 Å². The monoisotopic (exact) mass is 271 g/mol. The van der Waals surface area contributed by atoms with Gasteiger partial charge in [-0.15, -0.1) is 0 Å². The summed E-state index contributed by atoms with van der Waals surface area (Å²) in [6.07, 6.45) is 1.56. The highest BCUT2D eigenvalue weighted by molar-refractivity contribution is 7.85. The summed E-state index contributed by atoms with van der Waals surface area (Å²) >= 11 is 5.84. The molecule has 3 rings (SSSR count). The molecule has 0 aromatic carbocycles. The number of anilines is 2. The van der Waals surface area contributed by atoms with Crippen molar-refractivity contribution in [1.82, 2.24) is 4.98 Å². The molecule has 2 aliphatic rings. The summed E-state index contributed by atoms with van der Waals surface area (Å²) in [6, 6.07) is 1.31. The second-order valence-electron chi connectivity index (χ2n) is 4.03. The third kappa shape index (κ3) is 1.81. The Morgan fingerprint density at radius 2 is 2.41 bits per heavy atom. The van der Waals surface area contributed by atoms with Gasteiger partial charge in [-0.25, -0.2) is 4.98 Å². The number of carbonyl (C=O) groups excluding carboxylic acids is 1. The van der Waals surface area contributed by atoms with E-state index >= 15 is 0 Å². The molecule has 2 unspecified atom stereocenters. The molecule has 0 spiro atoms. The standard InChI is InChI=1S/C10H10ClN3O2S/c11-6-3-7-9(12-4-6)14-1-2-17(16)5-8(14)10(15)13-7/h3-4,8H,1-2,5H2,(H,13,15). The summed E-state index contributed by atoms with van der Waals surface area (Å²) in [5.41, 5.74) is 0.631. The maximum Gasteiger partial charge on any atom is 0.248 e. The zero-order chi connectivity index (χ0) is 12.0. The van der Waals surface area contributed by atoms with Crippen molar-refractivity contribution in [1.29, 1.82) is 0 Å². The van der Waals surface area contributed by atoms with E-state index < -0.39 is 10.8 Å². The number of carbonyl (C=O) groups is 1. The summed E-state index contributed by atoms with van der Waals surface area (Å²) < 4.78 is 11.5. The van der Waals surface area contributed by atoms with Crippen LogP contribution < -0.4 is 10.2 Å². The molecule has 2 aliphatic heterocycles. The minimum atomic E-state index is -0.917. The first kappa shape index (κ1) is 11.0. The summed E-state index contributed by atoms with van der Waals surface area (Å²) in [6.45, 7) is 0.590. The largest absolute Gasteiger partial charge is 0.341 e. The molecule has 7 heteroatoms. The van der Waals surface area contributed by atoms with Crippen LogP contribution in [0.25, 0.3) is 0 Å². The summed E-state index contributed by atoms with van der Waals surface area (Å²) in [7, 11) is -0.917. The van der Waals surface area contributed by atoms with E-state index in [4.69, 9.17) is 11.6 Å². The average molecular weight is 272 g/mol. The summed E-state index contributed by atoms with van der Waals surface area (Å²) in [5.74, 6) is 1.54. The fourth-order valence-electron chi connectivity index (χ4n) is 2.15. The normalized spacial score (nSPS) is 27.1. The molecule has 1 amide bonds. The molecular formula is C10H10ClN3O2S. The van der Waals surface area contributed by atoms with Crippen molar-refractivity contribution >= 4 is 39.8 Å². The van der Waals surface area contributed by atoms with Crippen LogP contribution in [0.2, 0.25) is 5.02 Å². The molecule has 90 valence electrons. The first-order valence-electron chi connectivity index (χ1n) is 5.23. The number of hydrogen-bond donors (Lipinski definition) is 1. The Morgan fingerprint density at radius 3 is 3.24 bits per heavy atom. The van der Waals surface area contributed by atoms with E-state index in [1.165, 1.54) is 0 Å². The van der Waals surface area contributed by atoms with Gasteiger partial charge in [0.2, 0.25) is 5.91 Å². The number of nitrogens with zero attached hydrogens (tertiary/aromatic N) is 2. The third-order valence-electron chi connectivity index (χ3n) is 2.95. The van der Waals surface area contributed by atoms with Gasteiger partial charge in [0.1, 0.15) is 6.04 Å². The molecule has 5 nitrogen and oxygen atoms in total. The molecule has 1 N–H and O–H groups in total. The average Bonchev–Trinajstić information content (AvgIpc) is 2.29. The van der Waals surface area contributed by atoms with Crippen LogP contribution in [0.4, 0.5) is 11.5 Å². The lowest BCUT2D eigenvalue weighted by atomic mass is 10.1. The second-order valence-corrected chi connectivity index (χ2v) is 6.09. The van der Waals surface area contributed by atoms with Gasteiger partial charge in [-0.3, -0.25) is 9.00 Å². The molecule has 0 saturated carbocycles. The summed E-state index contributed by atoms with van der Waals surface area (Å²) in [4.78, 5) is 18.0. The van der Waals surface area contributed by atoms with E-state index in [1.807, 2.05) is 4.90 Å². The van der Waals surface area contributed by atoms with Crippen molar-refractivity contribution in [2.45, 2.75) is 6.04 Å². The number of halogens is 1. The van der Waals surface area contributed by atoms with E-state index in [2.05, 4.69) is 10.3 Å². The Morgan fingerprint density at radius 1 is 1.59 bits per heavy atom. The van der Waals surface area contributed by atoms with E-state index in [-0.39, 0.29) is 11.9 Å². The Balaban J connectivity index is 2.05. The first-order chi connectivity index (χ1) is 8.15. The quantitative estimate of drug-likeness (QED) is 0.752. The second kappa shape index (κ2) is 3.96. The Hall–Kier alpha value is -1.14. The number of amides is 1. The third-order valence-corrected chi connectivity index (χ3v) is 4.48. The van der Waals surface area contributed by atoms with Gasteiger partial charge >= 0.3 is 0 Å². The predicted octanol–water partition coefficient (Wildman–Crippen LogP) is 0.624. The molecule has 0 radical (unpaired) electrons. The molecule has 1 aromatic heterocycles. The zero-order valence-electron chi connectivity index (χ0n) is 8.85. The van der Waals surface area contributed by atoms with Crippen LogP contribution in [0.15, 0.2) is 12.3 Å². The molecule has 17 heavy (non-hydrogen) atoms. The topological polar surface area (TPSA) is 62.3 Å². The maximum absolute atomic E-state index is 11.9. The molecule has 0 aliphatic carbocycles. The lowest BCUT2D eigenvalue weighted by Crippen LogP contribution is -2.55. The van der Waals surface area contributed by atoms with E-state index in [0.717, 1.165) is 5.82 Å². The molecular weight excluding hydrogens is 262 g/mol. The minimum absolute atomic E-state index is 0.130. The number of rotatable bonds is 0. The van der Waals surface area contributed by atoms with Gasteiger partial charge in [0, 0.05) is 29.3 Å². The van der Waals surface area contributed by atoms with E-state index in [1.54, 1.807) is 12.3 Å². The van der Waals surface area contributed by atoms with Crippen molar-refractivity contribution < 1.29 is 9.00 Å². The minimum Gasteiger partial charge on any atom is -0.341 e. The van der Waals surface area contributed by atoms with E-state index in [9.17, 15) is 9.00 Å². The zero-order valence-corrected chi connectivity index (χ0v) is 10.4. The highest BCUT2D eigenvalue weighted by atomic mass is 35.5. The van der Waals surface area contributed by atoms with Crippen LogP contribution in [0.3, 0.4) is 0 Å². The molecule has 1 aromatic rings. The van der Waals surface area contributed by atoms with Crippen molar-refractivity contribution in [2.24, 2.45) is 0 Å². The fraction of sp³-hybridized carbons (Fsp3) is 0.400. The van der Waals surface area contributed by atoms with Crippen molar-refractivity contribution in [3.05, 3.63) is 17.3 Å². The van der Waals surface area contributed by atoms with Crippen molar-refractivity contribution in [3.63, 3.8) is 0 Å². The van der Waals surface area contributed by atoms with Crippen LogP contribution in [0, 0.1) is 0 Å². The smallest absolute Gasteiger partial charge is 0.248 e. The Kier molecular flexibility index (Phi) is 2.56. The van der Waals surface area contributed by atoms with Crippen molar-refractivity contribution in [3.8, 4) is 0 Å². The van der Waals surface area contributed by atoms with Crippen molar-refractivity contribution in [2.75, 3.05) is 28.3 Å². The number of hydrogen-bond acceptors (Lipinski definition) is 4. The molecule has 2 atom stereocenters. The highest BCUT2D eigenvalue weighted by Gasteiger charge is 2.37. The lowest BCUT2D eigenvalue weighted by Gasteiger charge is -2.39. The summed E-state index contributed by atoms with van der Waals surface area (Å²) in [5, 5.41) is 3.25. The fourth-order valence-corrected chi connectivity index (χ4v) is 3.55. The number of pyridine rings is 1. The number of aromatic nitrogens is 1. The molecule has 3 heterocycles. The van der Waals surface area contributed by atoms with Crippen LogP contribution in [-0.2, 0) is 15.6 Å². The predicted molar refractivity (Wildman–Crippen MR) is 66.9 cm³/mol. The van der Waals surface area contributed by atoms with Crippen LogP contribution in [0.5, 0.6) is 0 Å². The lowest BCUT2D eigenvalue weighted by molar-refractivity contribution is -0.117. The van der Waals surface area contributed by atoms with Crippen LogP contribution in [0.1, 0.15) is 0 Å². The van der Waals surface area contributed by atoms with Gasteiger partial charge in [0.05, 0.1) is 16.5 Å². The van der Waals surface area contributed by atoms with Crippen LogP contribution in [-0.4, -0.2) is 39.2 Å².